The summed E-state index contributed by atoms with van der Waals surface area (Å²) in [6.07, 6.45) is 0.920. The molecule has 1 aromatic carbocycles. The maximum absolute atomic E-state index is 11.9. The molecule has 0 aliphatic rings. The van der Waals surface area contributed by atoms with Gasteiger partial charge >= 0.3 is 0 Å². The first-order valence-corrected chi connectivity index (χ1v) is 5.57. The predicted molar refractivity (Wildman–Crippen MR) is 64.7 cm³/mol. The number of nitrogens with one attached hydrogen (secondary N) is 1. The van der Waals surface area contributed by atoms with Crippen LogP contribution in [0.2, 0.25) is 0 Å². The number of hydrogen-bond donors (Lipinski definition) is 1. The third kappa shape index (κ3) is 4.13. The summed E-state index contributed by atoms with van der Waals surface area (Å²) in [5.41, 5.74) is 0.759. The monoisotopic (exact) mass is 221 g/mol. The van der Waals surface area contributed by atoms with Crippen LogP contribution in [0.4, 0.5) is 0 Å². The fourth-order valence-electron chi connectivity index (χ4n) is 1.48. The van der Waals surface area contributed by atoms with Crippen molar-refractivity contribution in [3.8, 4) is 0 Å². The Bertz CT molecular complexity index is 311. The smallest absolute Gasteiger partial charge is 0.179 e. The van der Waals surface area contributed by atoms with Gasteiger partial charge in [-0.2, -0.15) is 0 Å². The lowest BCUT2D eigenvalue weighted by Crippen LogP contribution is -2.34. The molecule has 0 amide bonds. The minimum atomic E-state index is -0.140. The van der Waals surface area contributed by atoms with Gasteiger partial charge in [0.25, 0.3) is 0 Å². The van der Waals surface area contributed by atoms with Gasteiger partial charge in [0, 0.05) is 19.3 Å². The Morgan fingerprint density at radius 1 is 1.38 bits per heavy atom. The van der Waals surface area contributed by atoms with Crippen molar-refractivity contribution < 1.29 is 9.53 Å². The summed E-state index contributed by atoms with van der Waals surface area (Å²) in [6, 6.07) is 9.22. The van der Waals surface area contributed by atoms with Crippen molar-refractivity contribution in [3.63, 3.8) is 0 Å². The van der Waals surface area contributed by atoms with Crippen LogP contribution in [0, 0.1) is 0 Å². The van der Waals surface area contributed by atoms with E-state index in [2.05, 4.69) is 5.32 Å². The van der Waals surface area contributed by atoms with Gasteiger partial charge in [0.1, 0.15) is 0 Å². The van der Waals surface area contributed by atoms with Crippen LogP contribution < -0.4 is 5.32 Å². The van der Waals surface area contributed by atoms with Crippen molar-refractivity contribution in [2.24, 2.45) is 0 Å². The van der Waals surface area contributed by atoms with Crippen molar-refractivity contribution in [2.45, 2.75) is 19.4 Å². The molecule has 88 valence electrons. The zero-order chi connectivity index (χ0) is 11.8. The molecule has 0 aliphatic heterocycles. The summed E-state index contributed by atoms with van der Waals surface area (Å²) < 4.78 is 4.94. The quantitative estimate of drug-likeness (QED) is 0.564. The number of ketones is 1. The summed E-state index contributed by atoms with van der Waals surface area (Å²) in [6.45, 7) is 3.41. The Labute approximate surface area is 96.8 Å². The summed E-state index contributed by atoms with van der Waals surface area (Å²) in [5.74, 6) is 0.137. The molecule has 3 heteroatoms. The molecule has 1 N–H and O–H groups in total. The molecule has 0 bridgehead atoms. The van der Waals surface area contributed by atoms with Crippen LogP contribution >= 0.6 is 0 Å². The van der Waals surface area contributed by atoms with E-state index < -0.39 is 0 Å². The standard InChI is InChI=1S/C13H19NO2/c1-11(14-9-6-10-16-2)13(15)12-7-4-3-5-8-12/h3-5,7-8,11,14H,6,9-10H2,1-2H3. The van der Waals surface area contributed by atoms with Gasteiger partial charge in [0.05, 0.1) is 6.04 Å². The van der Waals surface area contributed by atoms with E-state index in [9.17, 15) is 4.79 Å². The van der Waals surface area contributed by atoms with E-state index in [1.165, 1.54) is 0 Å². The Kier molecular flexibility index (Phi) is 5.75. The Hall–Kier alpha value is -1.19. The highest BCUT2D eigenvalue weighted by molar-refractivity contribution is 5.99. The molecule has 0 aromatic heterocycles. The van der Waals surface area contributed by atoms with E-state index in [1.54, 1.807) is 7.11 Å². The van der Waals surface area contributed by atoms with Gasteiger partial charge in [-0.25, -0.2) is 0 Å². The Morgan fingerprint density at radius 2 is 2.06 bits per heavy atom. The highest BCUT2D eigenvalue weighted by Gasteiger charge is 2.13. The summed E-state index contributed by atoms with van der Waals surface area (Å²) >= 11 is 0. The number of carbonyl (C=O) groups excluding carboxylic acids is 1. The zero-order valence-electron chi connectivity index (χ0n) is 9.90. The fraction of sp³-hybridized carbons (Fsp3) is 0.462. The number of Topliss-reactive ketones (excluding diaryl/α,β-unsaturated/α-hetero) is 1. The third-order valence-electron chi connectivity index (χ3n) is 2.43. The van der Waals surface area contributed by atoms with Gasteiger partial charge in [-0.1, -0.05) is 30.3 Å². The Morgan fingerprint density at radius 3 is 2.69 bits per heavy atom. The summed E-state index contributed by atoms with van der Waals surface area (Å²) in [7, 11) is 1.68. The van der Waals surface area contributed by atoms with E-state index in [1.807, 2.05) is 37.3 Å². The summed E-state index contributed by atoms with van der Waals surface area (Å²) in [5, 5.41) is 3.19. The lowest BCUT2D eigenvalue weighted by molar-refractivity contribution is 0.0949. The molecular weight excluding hydrogens is 202 g/mol. The maximum atomic E-state index is 11.9. The van der Waals surface area contributed by atoms with Crippen molar-refractivity contribution in [1.29, 1.82) is 0 Å². The highest BCUT2D eigenvalue weighted by atomic mass is 16.5. The van der Waals surface area contributed by atoms with Crippen LogP contribution in [-0.2, 0) is 4.74 Å². The molecule has 1 rings (SSSR count). The predicted octanol–water partition coefficient (Wildman–Crippen LogP) is 1.88. The number of hydrogen-bond acceptors (Lipinski definition) is 3. The van der Waals surface area contributed by atoms with Crippen molar-refractivity contribution in [1.82, 2.24) is 5.32 Å². The van der Waals surface area contributed by atoms with Gasteiger partial charge in [-0.3, -0.25) is 4.79 Å². The van der Waals surface area contributed by atoms with Crippen LogP contribution in [0.3, 0.4) is 0 Å². The molecular formula is C13H19NO2. The molecule has 0 heterocycles. The molecule has 1 atom stereocenters. The molecule has 1 aromatic rings. The van der Waals surface area contributed by atoms with Crippen LogP contribution in [0.15, 0.2) is 30.3 Å². The van der Waals surface area contributed by atoms with Gasteiger partial charge in [0.15, 0.2) is 5.78 Å². The van der Waals surface area contributed by atoms with E-state index in [0.29, 0.717) is 0 Å². The maximum Gasteiger partial charge on any atom is 0.179 e. The number of carbonyl (C=O) groups is 1. The van der Waals surface area contributed by atoms with Crippen molar-refractivity contribution in [3.05, 3.63) is 35.9 Å². The first kappa shape index (κ1) is 12.9. The van der Waals surface area contributed by atoms with Crippen LogP contribution in [0.5, 0.6) is 0 Å². The highest BCUT2D eigenvalue weighted by Crippen LogP contribution is 2.03. The van der Waals surface area contributed by atoms with E-state index >= 15 is 0 Å². The lowest BCUT2D eigenvalue weighted by atomic mass is 10.1. The van der Waals surface area contributed by atoms with E-state index in [0.717, 1.165) is 25.1 Å². The van der Waals surface area contributed by atoms with Crippen molar-refractivity contribution in [2.75, 3.05) is 20.3 Å². The van der Waals surface area contributed by atoms with Crippen LogP contribution in [-0.4, -0.2) is 32.1 Å². The largest absolute Gasteiger partial charge is 0.385 e. The second kappa shape index (κ2) is 7.14. The Balaban J connectivity index is 2.37. The molecule has 3 nitrogen and oxygen atoms in total. The number of rotatable bonds is 7. The molecule has 0 saturated carbocycles. The third-order valence-corrected chi connectivity index (χ3v) is 2.43. The topological polar surface area (TPSA) is 38.3 Å². The van der Waals surface area contributed by atoms with E-state index in [4.69, 9.17) is 4.74 Å². The van der Waals surface area contributed by atoms with Gasteiger partial charge in [-0.05, 0) is 19.9 Å². The molecule has 0 saturated heterocycles. The number of ether oxygens (including phenoxy) is 1. The van der Waals surface area contributed by atoms with Gasteiger partial charge in [0.2, 0.25) is 0 Å². The molecule has 0 radical (unpaired) electrons. The number of benzene rings is 1. The average molecular weight is 221 g/mol. The summed E-state index contributed by atoms with van der Waals surface area (Å²) in [4.78, 5) is 11.9. The fourth-order valence-corrected chi connectivity index (χ4v) is 1.48. The van der Waals surface area contributed by atoms with Crippen molar-refractivity contribution >= 4 is 5.78 Å². The molecule has 1 unspecified atom stereocenters. The molecule has 16 heavy (non-hydrogen) atoms. The van der Waals surface area contributed by atoms with E-state index in [-0.39, 0.29) is 11.8 Å². The van der Waals surface area contributed by atoms with Gasteiger partial charge in [-0.15, -0.1) is 0 Å². The second-order valence-electron chi connectivity index (χ2n) is 3.75. The van der Waals surface area contributed by atoms with Crippen LogP contribution in [0.25, 0.3) is 0 Å². The lowest BCUT2D eigenvalue weighted by Gasteiger charge is -2.12. The zero-order valence-corrected chi connectivity index (χ0v) is 9.90. The molecule has 0 aliphatic carbocycles. The number of methoxy groups -OCH3 is 1. The average Bonchev–Trinajstić information content (AvgIpc) is 2.34. The minimum Gasteiger partial charge on any atom is -0.385 e. The minimum absolute atomic E-state index is 0.137. The normalized spacial score (nSPS) is 12.4. The van der Waals surface area contributed by atoms with Gasteiger partial charge < -0.3 is 10.1 Å². The SMILES string of the molecule is COCCCNC(C)C(=O)c1ccccc1. The molecule has 0 spiro atoms. The molecule has 0 fully saturated rings. The first-order chi connectivity index (χ1) is 7.75. The van der Waals surface area contributed by atoms with Crippen LogP contribution in [0.1, 0.15) is 23.7 Å². The second-order valence-corrected chi connectivity index (χ2v) is 3.75. The first-order valence-electron chi connectivity index (χ1n) is 5.57.